The summed E-state index contributed by atoms with van der Waals surface area (Å²) in [5.41, 5.74) is 1.40. The van der Waals surface area contributed by atoms with Crippen molar-refractivity contribution in [3.63, 3.8) is 0 Å². The molecule has 102 valence electrons. The normalized spacial score (nSPS) is 12.1. The largest absolute Gasteiger partial charge is 0.396 e. The van der Waals surface area contributed by atoms with Gasteiger partial charge in [0.1, 0.15) is 5.15 Å². The number of halogens is 1. The second kappa shape index (κ2) is 7.07. The Hall–Kier alpha value is -0.640. The summed E-state index contributed by atoms with van der Waals surface area (Å²) in [7, 11) is 0. The lowest BCUT2D eigenvalue weighted by Gasteiger charge is -2.29. The molecule has 0 amide bonds. The lowest BCUT2D eigenvalue weighted by atomic mass is 9.95. The zero-order valence-electron chi connectivity index (χ0n) is 11.5. The van der Waals surface area contributed by atoms with Gasteiger partial charge < -0.3 is 5.11 Å². The predicted molar refractivity (Wildman–Crippen MR) is 75.7 cm³/mol. The average Bonchev–Trinajstić information content (AvgIpc) is 2.27. The van der Waals surface area contributed by atoms with Gasteiger partial charge in [-0.1, -0.05) is 38.4 Å². The number of aromatic nitrogens is 1. The van der Waals surface area contributed by atoms with Crippen LogP contribution in [0.25, 0.3) is 0 Å². The van der Waals surface area contributed by atoms with Gasteiger partial charge in [0, 0.05) is 32.4 Å². The zero-order chi connectivity index (χ0) is 13.6. The number of hydrogen-bond acceptors (Lipinski definition) is 3. The SMILES string of the molecule is CC(C)(C)CN(CCCO)Cc1ccc(Cl)nc1. The summed E-state index contributed by atoms with van der Waals surface area (Å²) in [5, 5.41) is 9.48. The molecule has 0 unspecified atom stereocenters. The maximum absolute atomic E-state index is 8.96. The first-order chi connectivity index (χ1) is 8.40. The summed E-state index contributed by atoms with van der Waals surface area (Å²) in [6.45, 7) is 9.64. The maximum atomic E-state index is 8.96. The molecule has 0 fully saturated rings. The van der Waals surface area contributed by atoms with Crippen LogP contribution in [-0.2, 0) is 6.54 Å². The van der Waals surface area contributed by atoms with E-state index in [-0.39, 0.29) is 12.0 Å². The van der Waals surface area contributed by atoms with Gasteiger partial charge in [-0.15, -0.1) is 0 Å². The van der Waals surface area contributed by atoms with Crippen molar-refractivity contribution < 1.29 is 5.11 Å². The Morgan fingerprint density at radius 3 is 2.56 bits per heavy atom. The Morgan fingerprint density at radius 1 is 1.33 bits per heavy atom. The fourth-order valence-electron chi connectivity index (χ4n) is 1.94. The number of aliphatic hydroxyl groups excluding tert-OH is 1. The number of nitrogens with zero attached hydrogens (tertiary/aromatic N) is 2. The van der Waals surface area contributed by atoms with Crippen molar-refractivity contribution in [2.75, 3.05) is 19.7 Å². The molecule has 18 heavy (non-hydrogen) atoms. The first-order valence-electron chi connectivity index (χ1n) is 6.34. The molecule has 0 aliphatic heterocycles. The number of pyridine rings is 1. The lowest BCUT2D eigenvalue weighted by Crippen LogP contribution is -2.33. The molecule has 4 heteroatoms. The molecule has 0 aliphatic carbocycles. The summed E-state index contributed by atoms with van der Waals surface area (Å²) in [6.07, 6.45) is 2.62. The van der Waals surface area contributed by atoms with Gasteiger partial charge in [-0.05, 0) is 23.5 Å². The summed E-state index contributed by atoms with van der Waals surface area (Å²) in [5.74, 6) is 0. The van der Waals surface area contributed by atoms with E-state index in [0.29, 0.717) is 5.15 Å². The Balaban J connectivity index is 2.62. The van der Waals surface area contributed by atoms with E-state index in [1.807, 2.05) is 18.3 Å². The van der Waals surface area contributed by atoms with Crippen LogP contribution >= 0.6 is 11.6 Å². The van der Waals surface area contributed by atoms with Crippen molar-refractivity contribution in [3.8, 4) is 0 Å². The van der Waals surface area contributed by atoms with Crippen LogP contribution in [0.5, 0.6) is 0 Å². The Bertz CT molecular complexity index is 346. The third kappa shape index (κ3) is 6.34. The maximum Gasteiger partial charge on any atom is 0.129 e. The molecule has 0 radical (unpaired) electrons. The van der Waals surface area contributed by atoms with Crippen molar-refractivity contribution >= 4 is 11.6 Å². The first-order valence-corrected chi connectivity index (χ1v) is 6.72. The highest BCUT2D eigenvalue weighted by atomic mass is 35.5. The molecule has 0 atom stereocenters. The highest BCUT2D eigenvalue weighted by Gasteiger charge is 2.16. The second-order valence-electron chi connectivity index (χ2n) is 5.84. The van der Waals surface area contributed by atoms with Gasteiger partial charge in [0.15, 0.2) is 0 Å². The molecule has 1 aromatic rings. The smallest absolute Gasteiger partial charge is 0.129 e. The zero-order valence-corrected chi connectivity index (χ0v) is 12.2. The van der Waals surface area contributed by atoms with Crippen LogP contribution in [-0.4, -0.2) is 34.7 Å². The third-order valence-corrected chi connectivity index (χ3v) is 2.75. The molecule has 0 aromatic carbocycles. The average molecular weight is 271 g/mol. The molecule has 1 rings (SSSR count). The summed E-state index contributed by atoms with van der Waals surface area (Å²) in [6, 6.07) is 3.82. The molecule has 1 heterocycles. The summed E-state index contributed by atoms with van der Waals surface area (Å²) < 4.78 is 0. The van der Waals surface area contributed by atoms with E-state index >= 15 is 0 Å². The van der Waals surface area contributed by atoms with Crippen LogP contribution in [0.4, 0.5) is 0 Å². The second-order valence-corrected chi connectivity index (χ2v) is 6.22. The molecule has 1 aromatic heterocycles. The Labute approximate surface area is 115 Å². The number of rotatable bonds is 6. The highest BCUT2D eigenvalue weighted by Crippen LogP contribution is 2.17. The van der Waals surface area contributed by atoms with E-state index in [1.54, 1.807) is 0 Å². The van der Waals surface area contributed by atoms with Crippen LogP contribution in [0, 0.1) is 5.41 Å². The lowest BCUT2D eigenvalue weighted by molar-refractivity contribution is 0.166. The van der Waals surface area contributed by atoms with Gasteiger partial charge in [-0.25, -0.2) is 4.98 Å². The standard InChI is InChI=1S/C14H23ClN2O/c1-14(2,3)11-17(7-4-8-18)10-12-5-6-13(15)16-9-12/h5-6,9,18H,4,7-8,10-11H2,1-3H3. The summed E-state index contributed by atoms with van der Waals surface area (Å²) in [4.78, 5) is 6.45. The fraction of sp³-hybridized carbons (Fsp3) is 0.643. The Kier molecular flexibility index (Phi) is 6.06. The van der Waals surface area contributed by atoms with Crippen LogP contribution in [0.3, 0.4) is 0 Å². The van der Waals surface area contributed by atoms with Crippen molar-refractivity contribution in [2.24, 2.45) is 5.41 Å². The van der Waals surface area contributed by atoms with Gasteiger partial charge in [-0.2, -0.15) is 0 Å². The topological polar surface area (TPSA) is 36.4 Å². The molecular formula is C14H23ClN2O. The van der Waals surface area contributed by atoms with E-state index in [4.69, 9.17) is 16.7 Å². The van der Waals surface area contributed by atoms with Crippen LogP contribution in [0.15, 0.2) is 18.3 Å². The monoisotopic (exact) mass is 270 g/mol. The van der Waals surface area contributed by atoms with Crippen molar-refractivity contribution in [3.05, 3.63) is 29.0 Å². The number of hydrogen-bond donors (Lipinski definition) is 1. The molecule has 0 saturated carbocycles. The van der Waals surface area contributed by atoms with E-state index in [9.17, 15) is 0 Å². The molecule has 0 spiro atoms. The van der Waals surface area contributed by atoms with Gasteiger partial charge in [0.2, 0.25) is 0 Å². The van der Waals surface area contributed by atoms with Gasteiger partial charge in [0.05, 0.1) is 0 Å². The van der Waals surface area contributed by atoms with Gasteiger partial charge in [0.25, 0.3) is 0 Å². The molecule has 0 bridgehead atoms. The van der Waals surface area contributed by atoms with Gasteiger partial charge in [-0.3, -0.25) is 4.90 Å². The molecular weight excluding hydrogens is 248 g/mol. The van der Waals surface area contributed by atoms with Gasteiger partial charge >= 0.3 is 0 Å². The van der Waals surface area contributed by atoms with Crippen LogP contribution in [0.1, 0.15) is 32.8 Å². The predicted octanol–water partition coefficient (Wildman–Crippen LogP) is 2.97. The van der Waals surface area contributed by atoms with Crippen molar-refractivity contribution in [1.29, 1.82) is 0 Å². The number of aliphatic hydroxyl groups is 1. The molecule has 0 saturated heterocycles. The first kappa shape index (κ1) is 15.4. The van der Waals surface area contributed by atoms with E-state index in [0.717, 1.165) is 31.6 Å². The molecule has 0 aliphatic rings. The van der Waals surface area contributed by atoms with E-state index in [2.05, 4.69) is 30.7 Å². The minimum Gasteiger partial charge on any atom is -0.396 e. The quantitative estimate of drug-likeness (QED) is 0.808. The van der Waals surface area contributed by atoms with E-state index in [1.165, 1.54) is 0 Å². The van der Waals surface area contributed by atoms with Crippen LogP contribution < -0.4 is 0 Å². The molecule has 1 N–H and O–H groups in total. The van der Waals surface area contributed by atoms with E-state index < -0.39 is 0 Å². The van der Waals surface area contributed by atoms with Crippen molar-refractivity contribution in [2.45, 2.75) is 33.7 Å². The molecule has 3 nitrogen and oxygen atoms in total. The van der Waals surface area contributed by atoms with Crippen molar-refractivity contribution in [1.82, 2.24) is 9.88 Å². The Morgan fingerprint density at radius 2 is 2.06 bits per heavy atom. The van der Waals surface area contributed by atoms with Crippen LogP contribution in [0.2, 0.25) is 5.15 Å². The highest BCUT2D eigenvalue weighted by molar-refractivity contribution is 6.29. The third-order valence-electron chi connectivity index (χ3n) is 2.53. The minimum absolute atomic E-state index is 0.236. The fourth-order valence-corrected chi connectivity index (χ4v) is 2.05. The minimum atomic E-state index is 0.236. The summed E-state index contributed by atoms with van der Waals surface area (Å²) >= 11 is 5.78.